The minimum atomic E-state index is -0.0301. The molecule has 2 heterocycles. The highest BCUT2D eigenvalue weighted by Crippen LogP contribution is 2.69. The molecule has 52 valence electrons. The molecule has 0 aromatic rings. The SMILES string of the molecule is CC(C)(C)CC12C=[PH]1N2. The average molecular weight is 143 g/mol. The molecule has 2 heteroatoms. The van der Waals surface area contributed by atoms with E-state index in [0.29, 0.717) is 10.7 Å². The van der Waals surface area contributed by atoms with Crippen LogP contribution in [0.1, 0.15) is 27.2 Å². The molecule has 0 saturated carbocycles. The normalized spacial score (nSPS) is 45.4. The van der Waals surface area contributed by atoms with Crippen LogP contribution in [0.5, 0.6) is 0 Å². The minimum absolute atomic E-state index is 0.0301. The highest BCUT2D eigenvalue weighted by atomic mass is 31.1. The average Bonchev–Trinajstić information content (AvgIpc) is 2.13. The predicted molar refractivity (Wildman–Crippen MR) is 44.3 cm³/mol. The van der Waals surface area contributed by atoms with Crippen LogP contribution in [0, 0.1) is 5.41 Å². The van der Waals surface area contributed by atoms with Crippen molar-refractivity contribution >= 4 is 13.5 Å². The third kappa shape index (κ3) is 0.971. The van der Waals surface area contributed by atoms with Crippen LogP contribution in [0.2, 0.25) is 0 Å². The summed E-state index contributed by atoms with van der Waals surface area (Å²) in [4.78, 5) is 0. The van der Waals surface area contributed by atoms with Crippen molar-refractivity contribution in [2.75, 3.05) is 0 Å². The Hall–Kier alpha value is 0.260. The van der Waals surface area contributed by atoms with Crippen LogP contribution in [-0.4, -0.2) is 11.1 Å². The number of nitrogens with one attached hydrogen (secondary N) is 1. The Morgan fingerprint density at radius 3 is 2.11 bits per heavy atom. The lowest BCUT2D eigenvalue weighted by atomic mass is 9.89. The molecule has 1 saturated heterocycles. The first-order chi connectivity index (χ1) is 4.02. The van der Waals surface area contributed by atoms with E-state index in [1.165, 1.54) is 6.42 Å². The van der Waals surface area contributed by atoms with Crippen LogP contribution in [0.4, 0.5) is 0 Å². The molecule has 0 aliphatic carbocycles. The highest BCUT2D eigenvalue weighted by molar-refractivity contribution is 7.76. The zero-order chi connectivity index (χ0) is 6.70. The van der Waals surface area contributed by atoms with Gasteiger partial charge in [-0.3, -0.25) is 5.09 Å². The fourth-order valence-corrected chi connectivity index (χ4v) is 3.61. The Kier molecular flexibility index (Phi) is 0.871. The van der Waals surface area contributed by atoms with E-state index in [-0.39, 0.29) is 7.70 Å². The van der Waals surface area contributed by atoms with Crippen molar-refractivity contribution < 1.29 is 0 Å². The zero-order valence-corrected chi connectivity index (χ0v) is 7.28. The molecule has 1 nitrogen and oxygen atoms in total. The first-order valence-electron chi connectivity index (χ1n) is 3.53. The lowest BCUT2D eigenvalue weighted by Gasteiger charge is -2.18. The third-order valence-electron chi connectivity index (χ3n) is 1.89. The molecule has 2 aliphatic rings. The molecule has 2 atom stereocenters. The van der Waals surface area contributed by atoms with Gasteiger partial charge in [0.2, 0.25) is 0 Å². The van der Waals surface area contributed by atoms with Gasteiger partial charge in [0.15, 0.2) is 0 Å². The number of hydrogen-bond acceptors (Lipinski definition) is 1. The van der Waals surface area contributed by atoms with E-state index >= 15 is 0 Å². The van der Waals surface area contributed by atoms with Crippen molar-refractivity contribution in [2.24, 2.45) is 5.41 Å². The summed E-state index contributed by atoms with van der Waals surface area (Å²) in [7, 11) is -0.0301. The van der Waals surface area contributed by atoms with Gasteiger partial charge in [-0.05, 0) is 25.3 Å². The van der Waals surface area contributed by atoms with E-state index in [2.05, 4.69) is 31.7 Å². The molecular formula is C7H14NP. The third-order valence-corrected chi connectivity index (χ3v) is 4.24. The maximum absolute atomic E-state index is 3.51. The summed E-state index contributed by atoms with van der Waals surface area (Å²) in [5.41, 5.74) is 0.520. The second-order valence-corrected chi connectivity index (χ2v) is 6.65. The van der Waals surface area contributed by atoms with Gasteiger partial charge >= 0.3 is 0 Å². The van der Waals surface area contributed by atoms with Crippen molar-refractivity contribution in [3.63, 3.8) is 0 Å². The lowest BCUT2D eigenvalue weighted by Crippen LogP contribution is -2.20. The van der Waals surface area contributed by atoms with E-state index in [0.717, 1.165) is 0 Å². The maximum atomic E-state index is 3.51. The van der Waals surface area contributed by atoms with Gasteiger partial charge < -0.3 is 0 Å². The molecule has 0 aromatic heterocycles. The molecule has 9 heavy (non-hydrogen) atoms. The Morgan fingerprint density at radius 2 is 2.00 bits per heavy atom. The zero-order valence-electron chi connectivity index (χ0n) is 6.28. The van der Waals surface area contributed by atoms with Crippen LogP contribution in [-0.2, 0) is 0 Å². The van der Waals surface area contributed by atoms with Crippen LogP contribution in [0.3, 0.4) is 0 Å². The van der Waals surface area contributed by atoms with Crippen molar-refractivity contribution in [3.05, 3.63) is 0 Å². The lowest BCUT2D eigenvalue weighted by molar-refractivity contribution is 0.367. The summed E-state index contributed by atoms with van der Waals surface area (Å²) < 4.78 is 0. The summed E-state index contributed by atoms with van der Waals surface area (Å²) in [6, 6.07) is 0. The molecule has 2 rings (SSSR count). The fourth-order valence-electron chi connectivity index (χ4n) is 1.44. The van der Waals surface area contributed by atoms with Crippen LogP contribution in [0.25, 0.3) is 0 Å². The van der Waals surface area contributed by atoms with Crippen molar-refractivity contribution in [1.82, 2.24) is 5.09 Å². The fraction of sp³-hybridized carbons (Fsp3) is 0.857. The summed E-state index contributed by atoms with van der Waals surface area (Å²) in [6.45, 7) is 6.94. The smallest absolute Gasteiger partial charge is 0.0709 e. The Balaban J connectivity index is 1.92. The summed E-state index contributed by atoms with van der Waals surface area (Å²) in [5.74, 6) is 2.50. The molecule has 2 unspecified atom stereocenters. The second kappa shape index (κ2) is 1.31. The van der Waals surface area contributed by atoms with Gasteiger partial charge in [0, 0.05) is 0 Å². The Morgan fingerprint density at radius 1 is 1.56 bits per heavy atom. The topological polar surface area (TPSA) is 21.9 Å². The number of hydrogen-bond donors (Lipinski definition) is 1. The van der Waals surface area contributed by atoms with Crippen LogP contribution in [0.15, 0.2) is 0 Å². The maximum Gasteiger partial charge on any atom is 0.0709 e. The van der Waals surface area contributed by atoms with Crippen LogP contribution < -0.4 is 5.09 Å². The van der Waals surface area contributed by atoms with E-state index in [1.807, 2.05) is 0 Å². The van der Waals surface area contributed by atoms with Crippen LogP contribution >= 0.6 is 7.70 Å². The molecule has 0 aromatic carbocycles. The second-order valence-electron chi connectivity index (χ2n) is 4.39. The van der Waals surface area contributed by atoms with Gasteiger partial charge in [0.1, 0.15) is 0 Å². The van der Waals surface area contributed by atoms with Crippen molar-refractivity contribution in [2.45, 2.75) is 32.5 Å². The standard InChI is InChI=1S/C7H14NP/c1-6(2,3)4-7-5-9(7)8-7/h5,8-9H,4H2,1-3H3. The molecule has 0 amide bonds. The summed E-state index contributed by atoms with van der Waals surface area (Å²) in [5, 5.41) is 4.14. The Labute approximate surface area is 57.3 Å². The molecule has 0 spiro atoms. The van der Waals surface area contributed by atoms with Gasteiger partial charge in [0.05, 0.1) is 5.28 Å². The van der Waals surface area contributed by atoms with E-state index in [9.17, 15) is 0 Å². The molecule has 0 radical (unpaired) electrons. The summed E-state index contributed by atoms with van der Waals surface area (Å²) in [6.07, 6.45) is 1.36. The Bertz CT molecular complexity index is 190. The van der Waals surface area contributed by atoms with E-state index in [4.69, 9.17) is 0 Å². The monoisotopic (exact) mass is 143 g/mol. The van der Waals surface area contributed by atoms with Crippen molar-refractivity contribution in [1.29, 1.82) is 0 Å². The number of fused-ring (bicyclic) bond motifs is 1. The van der Waals surface area contributed by atoms with E-state index in [1.54, 1.807) is 0 Å². The van der Waals surface area contributed by atoms with Gasteiger partial charge in [-0.1, -0.05) is 20.8 Å². The summed E-state index contributed by atoms with van der Waals surface area (Å²) >= 11 is 0. The molecular weight excluding hydrogens is 129 g/mol. The van der Waals surface area contributed by atoms with E-state index < -0.39 is 0 Å². The molecule has 1 N–H and O–H groups in total. The van der Waals surface area contributed by atoms with Gasteiger partial charge in [-0.15, -0.1) is 0 Å². The molecule has 0 bridgehead atoms. The van der Waals surface area contributed by atoms with Crippen molar-refractivity contribution in [3.8, 4) is 0 Å². The first kappa shape index (κ1) is 6.00. The molecule has 1 fully saturated rings. The van der Waals surface area contributed by atoms with Gasteiger partial charge in [-0.2, -0.15) is 0 Å². The highest BCUT2D eigenvalue weighted by Gasteiger charge is 2.58. The first-order valence-corrected chi connectivity index (χ1v) is 5.11. The number of rotatable bonds is 1. The minimum Gasteiger partial charge on any atom is -0.283 e. The largest absolute Gasteiger partial charge is 0.283 e. The van der Waals surface area contributed by atoms with Gasteiger partial charge in [0.25, 0.3) is 0 Å². The van der Waals surface area contributed by atoms with Gasteiger partial charge in [-0.25, -0.2) is 0 Å². The molecule has 2 aliphatic heterocycles. The quantitative estimate of drug-likeness (QED) is 0.437. The predicted octanol–water partition coefficient (Wildman–Crippen LogP) is 1.67.